The maximum absolute atomic E-state index is 15.3. The lowest BCUT2D eigenvalue weighted by Crippen LogP contribution is -2.48. The normalized spacial score (nSPS) is 20.5. The van der Waals surface area contributed by atoms with E-state index in [1.807, 2.05) is 116 Å². The quantitative estimate of drug-likeness (QED) is 0.0346. The lowest BCUT2D eigenvalue weighted by atomic mass is 9.86. The van der Waals surface area contributed by atoms with E-state index in [1.54, 1.807) is 84.9 Å². The fraction of sp³-hybridized carbons (Fsp3) is 0.374. The molecule has 5 fully saturated rings. The van der Waals surface area contributed by atoms with E-state index in [4.69, 9.17) is 14.2 Å². The second kappa shape index (κ2) is 36.7. The molecule has 1 saturated carbocycles. The Morgan fingerprint density at radius 2 is 1.02 bits per heavy atom. The predicted octanol–water partition coefficient (Wildman–Crippen LogP) is 13.2. The summed E-state index contributed by atoms with van der Waals surface area (Å²) in [7, 11) is 4.70. The number of likely N-dealkylation sites (tertiary alicyclic amines) is 4. The fourth-order valence-electron chi connectivity index (χ4n) is 17.5. The van der Waals surface area contributed by atoms with E-state index in [-0.39, 0.29) is 80.3 Å². The van der Waals surface area contributed by atoms with Crippen molar-refractivity contribution in [1.82, 2.24) is 79.9 Å². The van der Waals surface area contributed by atoms with Crippen molar-refractivity contribution >= 4 is 130 Å². The largest absolute Gasteiger partial charge is 0.384 e. The van der Waals surface area contributed by atoms with Crippen molar-refractivity contribution in [3.8, 4) is 33.8 Å². The van der Waals surface area contributed by atoms with Crippen LogP contribution in [0.5, 0.6) is 0 Å². The Kier molecular flexibility index (Phi) is 25.1. The molecule has 19 rings (SSSR count). The van der Waals surface area contributed by atoms with Gasteiger partial charge < -0.3 is 44.9 Å². The van der Waals surface area contributed by atoms with Gasteiger partial charge in [-0.25, -0.2) is 18.7 Å². The maximum atomic E-state index is 15.3. The number of anilines is 3. The van der Waals surface area contributed by atoms with Gasteiger partial charge in [0.15, 0.2) is 16.9 Å². The molecule has 6 aliphatic heterocycles. The number of thiazole rings is 2. The van der Waals surface area contributed by atoms with Crippen LogP contribution >= 0.6 is 34.0 Å². The minimum Gasteiger partial charge on any atom is -0.384 e. The first kappa shape index (κ1) is 84.7. The van der Waals surface area contributed by atoms with Gasteiger partial charge in [-0.05, 0) is 195 Å². The number of ether oxygens (including phenoxy) is 3. The molecule has 6 N–H and O–H groups in total. The number of methoxy groups -OCH3 is 3. The van der Waals surface area contributed by atoms with E-state index >= 15 is 4.39 Å². The molecule has 7 aliphatic rings. The molecule has 124 heavy (non-hydrogen) atoms. The third-order valence-corrected chi connectivity index (χ3v) is 27.4. The monoisotopic (exact) mass is 1730 g/mol. The average Bonchev–Trinajstić information content (AvgIpc) is 1.63. The van der Waals surface area contributed by atoms with Crippen LogP contribution in [0.4, 0.5) is 25.8 Å². The summed E-state index contributed by atoms with van der Waals surface area (Å²) in [5, 5.41) is 43.9. The van der Waals surface area contributed by atoms with E-state index in [0.29, 0.717) is 131 Å². The Morgan fingerprint density at radius 3 is 1.52 bits per heavy atom. The number of amides is 6. The number of carbonyl (C=O) groups excluding carboxylic acids is 6. The van der Waals surface area contributed by atoms with Crippen molar-refractivity contribution in [1.29, 1.82) is 0 Å². The zero-order chi connectivity index (χ0) is 85.7. The number of thiophene rings is 1. The fourth-order valence-corrected chi connectivity index (χ4v) is 19.7. The first-order valence-corrected chi connectivity index (χ1v) is 44.5. The number of alkyl halides is 1. The van der Waals surface area contributed by atoms with Gasteiger partial charge in [0, 0.05) is 209 Å². The topological polar surface area (TPSA) is 323 Å². The second-order valence-electron chi connectivity index (χ2n) is 33.0. The number of carbonyl (C=O) groups is 6. The molecule has 0 bridgehead atoms. The number of rotatable bonds is 23. The predicted molar refractivity (Wildman–Crippen MR) is 475 cm³/mol. The number of aromatic nitrogens is 10. The molecule has 8 aromatic heterocycles. The minimum atomic E-state index is -1.48. The zero-order valence-corrected chi connectivity index (χ0v) is 71.8. The van der Waals surface area contributed by atoms with E-state index in [9.17, 15) is 33.2 Å². The van der Waals surface area contributed by atoms with Gasteiger partial charge in [0.2, 0.25) is 23.6 Å². The second-order valence-corrected chi connectivity index (χ2v) is 35.5. The highest BCUT2D eigenvalue weighted by molar-refractivity contribution is 7.10. The number of nitrogens with zero attached hydrogens (tertiary/aromatic N) is 13. The molecule has 4 saturated heterocycles. The molecule has 642 valence electrons. The number of fused-ring (bicyclic) bond motifs is 3. The standard InChI is InChI=1S/C31H33N7O3S.C30H32F2N6O3S.C30H32N6O3S/c1-41-31(9-14-37(19-31)18-27(39)38-12-7-21(8-13-38)29-33-11-15-42-29)30(40)34-23-4-5-25-24(17-23)28(36-35-25)22-6-10-32-26(16-22)20-2-3-20;1-41-19-29(8-12-37(18-29)17-25(39)38-13-9-30(32,10-14-38)28-33-11-15-42-28)27(40)34-22-6-7-24-23(16-22)26(36-35-24)20-2-4-21(31)5-3-20;1-20-15-22(5-10-31-20)28-25-16-24(3-4-26(25)33-34-28)32-29(38)30(39-2)9-13-35(19-30)17-27(37)36-11-6-21(7-12-36)23-8-14-40-18-23/h4-7,10-11,15-17,20H,2-3,8-9,12-14,18-19H2,1H3,(H,34,40)(H,35,36);2-7,11,15-16H,8-10,12-14,17-19H2,1H3,(H,34,40)(H,35,36);3-6,8,10,14-16,18H,7,9,11-13,17,19H2,1-2H3,(H,32,38)(H,33,34)/t31-;;/m0../s1. The van der Waals surface area contributed by atoms with Crippen molar-refractivity contribution < 1.29 is 51.8 Å². The number of hydrogen-bond acceptors (Lipinski definition) is 22. The number of piperidine rings is 1. The highest BCUT2D eigenvalue weighted by Crippen LogP contribution is 2.43. The van der Waals surface area contributed by atoms with Gasteiger partial charge in [0.05, 0.1) is 53.9 Å². The summed E-state index contributed by atoms with van der Waals surface area (Å²) >= 11 is 4.62. The van der Waals surface area contributed by atoms with Crippen molar-refractivity contribution in [2.75, 3.05) is 142 Å². The molecular weight excluding hydrogens is 1640 g/mol. The molecule has 14 heterocycles. The van der Waals surface area contributed by atoms with Crippen LogP contribution in [0.25, 0.3) is 77.6 Å². The highest BCUT2D eigenvalue weighted by Gasteiger charge is 2.49. The molecule has 6 amide bonds. The van der Waals surface area contributed by atoms with Crippen molar-refractivity contribution in [3.63, 3.8) is 0 Å². The molecule has 4 aromatic carbocycles. The maximum Gasteiger partial charge on any atom is 0.258 e. The summed E-state index contributed by atoms with van der Waals surface area (Å²) in [5.74, 6) is -0.305. The molecule has 0 spiro atoms. The van der Waals surface area contributed by atoms with Crippen LogP contribution < -0.4 is 16.0 Å². The Morgan fingerprint density at radius 1 is 0.500 bits per heavy atom. The molecule has 3 atom stereocenters. The Hall–Kier alpha value is -11.5. The van der Waals surface area contributed by atoms with Gasteiger partial charge >= 0.3 is 0 Å². The first-order valence-electron chi connectivity index (χ1n) is 41.8. The summed E-state index contributed by atoms with van der Waals surface area (Å²) in [5.41, 5.74) is 10.9. The van der Waals surface area contributed by atoms with Gasteiger partial charge in [0.1, 0.15) is 27.2 Å². The lowest BCUT2D eigenvalue weighted by molar-refractivity contribution is -0.138. The number of aromatic amines is 3. The van der Waals surface area contributed by atoms with E-state index in [2.05, 4.69) is 102 Å². The van der Waals surface area contributed by atoms with E-state index < -0.39 is 22.3 Å². The molecular formula is C91H97F2N19O9S3. The van der Waals surface area contributed by atoms with Gasteiger partial charge in [0.25, 0.3) is 11.8 Å². The molecule has 33 heteroatoms. The smallest absolute Gasteiger partial charge is 0.258 e. The van der Waals surface area contributed by atoms with Crippen LogP contribution in [-0.2, 0) is 48.6 Å². The van der Waals surface area contributed by atoms with Crippen LogP contribution in [0.2, 0.25) is 0 Å². The number of hydrogen-bond donors (Lipinski definition) is 6. The minimum absolute atomic E-state index is 0.0654. The Balaban J connectivity index is 0.000000132. The van der Waals surface area contributed by atoms with Gasteiger partial charge in [-0.2, -0.15) is 26.6 Å². The third kappa shape index (κ3) is 18.5. The zero-order valence-electron chi connectivity index (χ0n) is 69.4. The van der Waals surface area contributed by atoms with Gasteiger partial charge in [-0.3, -0.25) is 68.7 Å². The summed E-state index contributed by atoms with van der Waals surface area (Å²) in [6.45, 7) is 8.98. The third-order valence-electron chi connectivity index (χ3n) is 24.9. The number of benzene rings is 4. The molecule has 0 radical (unpaired) electrons. The summed E-state index contributed by atoms with van der Waals surface area (Å²) in [6, 6.07) is 33.1. The molecule has 2 unspecified atom stereocenters. The number of nitrogens with one attached hydrogen (secondary N) is 6. The van der Waals surface area contributed by atoms with Crippen molar-refractivity contribution in [3.05, 3.63) is 200 Å². The number of pyridine rings is 2. The number of aryl methyl sites for hydroxylation is 1. The Bertz CT molecular complexity index is 5950. The average molecular weight is 1740 g/mol. The van der Waals surface area contributed by atoms with Crippen LogP contribution in [0.3, 0.4) is 0 Å². The molecule has 12 aromatic rings. The lowest BCUT2D eigenvalue weighted by Gasteiger charge is -2.36. The van der Waals surface area contributed by atoms with Gasteiger partial charge in [-0.15, -0.1) is 22.7 Å². The SMILES string of the molecule is COC1(C(=O)Nc2ccc3[nH]nc(-c4ccnc(C)c4)c3c2)CCN(CC(=O)N2CC=C(c3ccsc3)CC2)C1.COCC1(C(=O)Nc2ccc3[nH]nc(-c4ccc(F)cc4)c3c2)CCN(CC(=O)N2CCC(F)(c3nccs3)CC2)C1.CO[C@@]1(C(=O)Nc2ccc3[nH]nc(-c4ccnc(C5CC5)c4)c3c2)CCN(CC(=O)N2CC=C(c3nccs3)CC2)C1. The van der Waals surface area contributed by atoms with Crippen LogP contribution in [0.1, 0.15) is 90.7 Å². The van der Waals surface area contributed by atoms with E-state index in [1.165, 1.54) is 53.0 Å². The summed E-state index contributed by atoms with van der Waals surface area (Å²) in [6.07, 6.45) is 17.3. The molecule has 1 aliphatic carbocycles. The van der Waals surface area contributed by atoms with Crippen molar-refractivity contribution in [2.24, 2.45) is 5.41 Å². The Labute approximate surface area is 726 Å². The van der Waals surface area contributed by atoms with Gasteiger partial charge in [-0.1, -0.05) is 12.2 Å². The number of H-pyrrole nitrogens is 3. The highest BCUT2D eigenvalue weighted by atomic mass is 32.1. The van der Waals surface area contributed by atoms with Crippen LogP contribution in [0, 0.1) is 18.2 Å². The first-order chi connectivity index (χ1) is 60.2. The van der Waals surface area contributed by atoms with Crippen molar-refractivity contribution in [2.45, 2.75) is 87.5 Å². The number of halogens is 2. The summed E-state index contributed by atoms with van der Waals surface area (Å²) < 4.78 is 45.9. The van der Waals surface area contributed by atoms with Crippen LogP contribution in [-0.4, -0.2) is 253 Å². The van der Waals surface area contributed by atoms with Crippen LogP contribution in [0.15, 0.2) is 168 Å². The summed E-state index contributed by atoms with van der Waals surface area (Å²) in [4.78, 5) is 109. The molecule has 28 nitrogen and oxygen atoms in total. The van der Waals surface area contributed by atoms with E-state index in [0.717, 1.165) is 90.0 Å².